The van der Waals surface area contributed by atoms with Gasteiger partial charge < -0.3 is 25.2 Å². The zero-order valence-electron chi connectivity index (χ0n) is 27.0. The molecule has 254 valence electrons. The van der Waals surface area contributed by atoms with E-state index in [1.165, 1.54) is 12.1 Å². The van der Waals surface area contributed by atoms with Crippen molar-refractivity contribution < 1.29 is 33.8 Å². The Balaban J connectivity index is 1.44. The molecule has 0 heterocycles. The molecule has 5 aromatic rings. The predicted molar refractivity (Wildman–Crippen MR) is 192 cm³/mol. The lowest BCUT2D eigenvalue weighted by Gasteiger charge is -2.23. The maximum atomic E-state index is 14.4. The largest absolute Gasteiger partial charge is 0.507 e. The molecule has 0 aliphatic rings. The lowest BCUT2D eigenvalue weighted by Crippen LogP contribution is -2.45. The number of alkyl carbamates (subject to hydrolysis) is 2. The molecule has 0 aliphatic carbocycles. The van der Waals surface area contributed by atoms with Gasteiger partial charge in [0.2, 0.25) is 0 Å². The van der Waals surface area contributed by atoms with E-state index in [2.05, 4.69) is 26.6 Å². The van der Waals surface area contributed by atoms with Crippen molar-refractivity contribution in [3.63, 3.8) is 0 Å². The number of hydrogen-bond acceptors (Lipinski definition) is 7. The van der Waals surface area contributed by atoms with Crippen molar-refractivity contribution in [1.29, 1.82) is 0 Å². The molecule has 2 amide bonds. The molecule has 5 aromatic carbocycles. The van der Waals surface area contributed by atoms with Gasteiger partial charge in [0.15, 0.2) is 11.6 Å². The van der Waals surface area contributed by atoms with Crippen LogP contribution in [0.2, 0.25) is 0 Å². The van der Waals surface area contributed by atoms with Crippen LogP contribution in [0.25, 0.3) is 0 Å². The second-order valence-electron chi connectivity index (χ2n) is 11.4. The summed E-state index contributed by atoms with van der Waals surface area (Å²) in [6, 6.07) is 36.6. The number of ether oxygens (including phenoxy) is 2. The number of phenolic OH excluding ortho intramolecular Hbond substituents is 1. The first kappa shape index (κ1) is 35.6. The third-order valence-electron chi connectivity index (χ3n) is 7.84. The quantitative estimate of drug-likeness (QED) is 0.100. The fraction of sp³-hybridized carbons (Fsp3) is 0.150. The van der Waals surface area contributed by atoms with Gasteiger partial charge >= 0.3 is 12.2 Å². The van der Waals surface area contributed by atoms with Crippen LogP contribution in [0.1, 0.15) is 43.0 Å². The molecular weight excluding hydrogens is 700 g/mol. The Labute approximate surface area is 298 Å². The van der Waals surface area contributed by atoms with Crippen molar-refractivity contribution in [2.75, 3.05) is 0 Å². The highest BCUT2D eigenvalue weighted by molar-refractivity contribution is 9.10. The predicted octanol–water partition coefficient (Wildman–Crippen LogP) is 7.60. The second kappa shape index (κ2) is 17.6. The number of benzene rings is 5. The van der Waals surface area contributed by atoms with E-state index in [1.54, 1.807) is 24.3 Å². The van der Waals surface area contributed by atoms with Gasteiger partial charge in [-0.15, -0.1) is 0 Å². The minimum Gasteiger partial charge on any atom is -0.507 e. The highest BCUT2D eigenvalue weighted by Crippen LogP contribution is 2.33. The highest BCUT2D eigenvalue weighted by Gasteiger charge is 2.33. The summed E-state index contributed by atoms with van der Waals surface area (Å²) in [5, 5.41) is 16.0. The minimum atomic E-state index is -1.19. The first-order valence-corrected chi connectivity index (χ1v) is 16.7. The van der Waals surface area contributed by atoms with E-state index in [1.807, 2.05) is 97.1 Å². The van der Waals surface area contributed by atoms with Crippen molar-refractivity contribution in [3.05, 3.63) is 171 Å². The van der Waals surface area contributed by atoms with Gasteiger partial charge in [-0.05, 0) is 50.3 Å². The van der Waals surface area contributed by atoms with Gasteiger partial charge in [0, 0.05) is 24.0 Å². The minimum absolute atomic E-state index is 0.0133. The van der Waals surface area contributed by atoms with Gasteiger partial charge in [0.25, 0.3) is 0 Å². The van der Waals surface area contributed by atoms with E-state index in [0.29, 0.717) is 0 Å². The van der Waals surface area contributed by atoms with Gasteiger partial charge in [-0.3, -0.25) is 9.59 Å². The number of Topliss-reactive ketones (excluding diaryl/α,β-unsaturated/α-hetero) is 2. The summed E-state index contributed by atoms with van der Waals surface area (Å²) in [4.78, 5) is 54.9. The van der Waals surface area contributed by atoms with Crippen LogP contribution < -0.4 is 10.6 Å². The second-order valence-corrected chi connectivity index (χ2v) is 12.2. The van der Waals surface area contributed by atoms with Gasteiger partial charge in [0.05, 0.1) is 16.6 Å². The number of rotatable bonds is 14. The third kappa shape index (κ3) is 9.90. The molecule has 50 heavy (non-hydrogen) atoms. The fourth-order valence-corrected chi connectivity index (χ4v) is 5.85. The van der Waals surface area contributed by atoms with Crippen molar-refractivity contribution in [3.8, 4) is 5.75 Å². The van der Waals surface area contributed by atoms with Crippen LogP contribution in [0.4, 0.5) is 9.59 Å². The molecule has 5 rings (SSSR count). The molecule has 0 aromatic heterocycles. The zero-order valence-corrected chi connectivity index (χ0v) is 28.5. The van der Waals surface area contributed by atoms with Gasteiger partial charge in [-0.2, -0.15) is 0 Å². The number of amides is 2. The first-order valence-electron chi connectivity index (χ1n) is 15.9. The highest BCUT2D eigenvalue weighted by atomic mass is 79.9. The standard InChI is InChI=1S/C40H35BrN2O7/c41-36-34(44)22-21-31(37(45)32(23-27-13-5-1-6-14-27)42-39(47)49-25-29-17-9-3-10-18-29)35(36)38(46)33(24-28-15-7-2-8-16-28)43-40(48)50-26-30-19-11-4-12-20-30/h1-22,32-33,44H,23-26H2,(H,42,47)(H,43,48)/t32-,33-/m0/s1. The summed E-state index contributed by atoms with van der Waals surface area (Å²) in [5.41, 5.74) is 2.80. The Morgan fingerprint density at radius 1 is 0.540 bits per heavy atom. The van der Waals surface area contributed by atoms with Gasteiger partial charge in [-0.25, -0.2) is 9.59 Å². The lowest BCUT2D eigenvalue weighted by atomic mass is 9.89. The number of ketones is 2. The molecule has 0 radical (unpaired) electrons. The zero-order chi connectivity index (χ0) is 35.3. The number of aromatic hydroxyl groups is 1. The molecule has 0 saturated heterocycles. The van der Waals surface area contributed by atoms with Crippen LogP contribution in [0.15, 0.2) is 138 Å². The van der Waals surface area contributed by atoms with Crippen LogP contribution in [-0.4, -0.2) is 40.9 Å². The van der Waals surface area contributed by atoms with Crippen LogP contribution in [-0.2, 0) is 35.5 Å². The first-order chi connectivity index (χ1) is 24.3. The lowest BCUT2D eigenvalue weighted by molar-refractivity contribution is 0.0887. The number of phenols is 1. The molecule has 2 atom stereocenters. The van der Waals surface area contributed by atoms with Crippen LogP contribution >= 0.6 is 15.9 Å². The maximum absolute atomic E-state index is 14.4. The van der Waals surface area contributed by atoms with Crippen LogP contribution in [0, 0.1) is 0 Å². The number of carbonyl (C=O) groups is 4. The monoisotopic (exact) mass is 734 g/mol. The molecule has 0 unspecified atom stereocenters. The molecule has 10 heteroatoms. The van der Waals surface area contributed by atoms with Crippen LogP contribution in [0.5, 0.6) is 5.75 Å². The molecule has 0 saturated carbocycles. The average Bonchev–Trinajstić information content (AvgIpc) is 3.15. The smallest absolute Gasteiger partial charge is 0.408 e. The Bertz CT molecular complexity index is 1910. The van der Waals surface area contributed by atoms with Crippen molar-refractivity contribution in [2.24, 2.45) is 0 Å². The Kier molecular flexibility index (Phi) is 12.5. The Hall–Kier alpha value is -5.74. The topological polar surface area (TPSA) is 131 Å². The number of nitrogens with one attached hydrogen (secondary N) is 2. The Morgan fingerprint density at radius 2 is 0.920 bits per heavy atom. The summed E-state index contributed by atoms with van der Waals surface area (Å²) in [7, 11) is 0. The maximum Gasteiger partial charge on any atom is 0.408 e. The number of hydrogen-bond donors (Lipinski definition) is 3. The average molecular weight is 736 g/mol. The summed E-state index contributed by atoms with van der Waals surface area (Å²) in [6.45, 7) is -0.0354. The van der Waals surface area contributed by atoms with Crippen LogP contribution in [0.3, 0.4) is 0 Å². The molecule has 0 aliphatic heterocycles. The van der Waals surface area contributed by atoms with E-state index in [4.69, 9.17) is 9.47 Å². The summed E-state index contributed by atoms with van der Waals surface area (Å²) >= 11 is 3.32. The summed E-state index contributed by atoms with van der Waals surface area (Å²) in [6.07, 6.45) is -1.51. The molecule has 0 spiro atoms. The van der Waals surface area contributed by atoms with Gasteiger partial charge in [0.1, 0.15) is 19.0 Å². The molecule has 9 nitrogen and oxygen atoms in total. The molecule has 0 bridgehead atoms. The SMILES string of the molecule is O=C(N[C@@H](Cc1ccccc1)C(=O)c1ccc(O)c(Br)c1C(=O)[C@H](Cc1ccccc1)NC(=O)OCc1ccccc1)OCc1ccccc1. The summed E-state index contributed by atoms with van der Waals surface area (Å²) in [5.74, 6) is -1.54. The van der Waals surface area contributed by atoms with Crippen molar-refractivity contribution in [1.82, 2.24) is 10.6 Å². The van der Waals surface area contributed by atoms with Gasteiger partial charge in [-0.1, -0.05) is 121 Å². The number of halogens is 1. The van der Waals surface area contributed by atoms with E-state index in [-0.39, 0.29) is 47.4 Å². The third-order valence-corrected chi connectivity index (χ3v) is 8.64. The molecular formula is C40H35BrN2O7. The molecule has 0 fully saturated rings. The fourth-order valence-electron chi connectivity index (χ4n) is 5.31. The normalized spacial score (nSPS) is 11.9. The van der Waals surface area contributed by atoms with E-state index < -0.39 is 35.8 Å². The van der Waals surface area contributed by atoms with E-state index in [9.17, 15) is 24.3 Å². The number of carbonyl (C=O) groups excluding carboxylic acids is 4. The van der Waals surface area contributed by atoms with Crippen molar-refractivity contribution in [2.45, 2.75) is 38.1 Å². The van der Waals surface area contributed by atoms with E-state index in [0.717, 1.165) is 22.3 Å². The van der Waals surface area contributed by atoms with E-state index >= 15 is 0 Å². The molecule has 3 N–H and O–H groups in total. The summed E-state index contributed by atoms with van der Waals surface area (Å²) < 4.78 is 10.8. The van der Waals surface area contributed by atoms with Crippen molar-refractivity contribution >= 4 is 39.7 Å². The Morgan fingerprint density at radius 3 is 1.34 bits per heavy atom.